The first-order valence-corrected chi connectivity index (χ1v) is 7.59. The fourth-order valence-electron chi connectivity index (χ4n) is 2.39. The van der Waals surface area contributed by atoms with Crippen LogP contribution in [0.1, 0.15) is 23.8 Å². The lowest BCUT2D eigenvalue weighted by atomic mass is 10.2. The van der Waals surface area contributed by atoms with Gasteiger partial charge in [-0.3, -0.25) is 0 Å². The summed E-state index contributed by atoms with van der Waals surface area (Å²) in [5.74, 6) is 1.90. The highest BCUT2D eigenvalue weighted by Crippen LogP contribution is 2.35. The zero-order valence-corrected chi connectivity index (χ0v) is 13.0. The summed E-state index contributed by atoms with van der Waals surface area (Å²) in [6, 6.07) is 12.9. The number of hydrogen-bond acceptors (Lipinski definition) is 5. The molecule has 0 saturated carbocycles. The van der Waals surface area contributed by atoms with Crippen LogP contribution in [0.4, 0.5) is 0 Å². The van der Waals surface area contributed by atoms with E-state index >= 15 is 0 Å². The Morgan fingerprint density at radius 3 is 2.43 bits per heavy atom. The number of aliphatic hydroxyl groups is 1. The number of aliphatic hydroxyl groups excluding tert-OH is 1. The van der Waals surface area contributed by atoms with Crippen LogP contribution in [0.2, 0.25) is 0 Å². The second kappa shape index (κ2) is 7.46. The molecule has 1 aliphatic rings. The first kappa shape index (κ1) is 15.8. The summed E-state index contributed by atoms with van der Waals surface area (Å²) in [7, 11) is 1.60. The molecular formula is C18H20O5. The molecule has 5 nitrogen and oxygen atoms in total. The summed E-state index contributed by atoms with van der Waals surface area (Å²) in [5.41, 5.74) is 1.73. The van der Waals surface area contributed by atoms with E-state index in [0.717, 1.165) is 17.5 Å². The van der Waals surface area contributed by atoms with Gasteiger partial charge in [0.1, 0.15) is 5.75 Å². The lowest BCUT2D eigenvalue weighted by Crippen LogP contribution is -2.17. The lowest BCUT2D eigenvalue weighted by molar-refractivity contribution is -0.183. The van der Waals surface area contributed by atoms with Crippen LogP contribution in [0.5, 0.6) is 17.2 Å². The highest BCUT2D eigenvalue weighted by molar-refractivity contribution is 5.46. The molecule has 23 heavy (non-hydrogen) atoms. The normalized spacial score (nSPS) is 15.4. The summed E-state index contributed by atoms with van der Waals surface area (Å²) in [5, 5.41) is 9.09. The molecule has 0 amide bonds. The molecule has 1 aliphatic heterocycles. The molecule has 0 aromatic heterocycles. The van der Waals surface area contributed by atoms with Crippen molar-refractivity contribution in [3.05, 3.63) is 53.6 Å². The molecule has 0 radical (unpaired) electrons. The maximum atomic E-state index is 9.09. The van der Waals surface area contributed by atoms with Crippen LogP contribution in [-0.2, 0) is 16.1 Å². The molecule has 5 heteroatoms. The molecule has 2 aromatic carbocycles. The SMILES string of the molecule is COc1ccc(C2OCCCO2)cc1Oc1ccc(CO)cc1. The van der Waals surface area contributed by atoms with Gasteiger partial charge in [0.15, 0.2) is 17.8 Å². The van der Waals surface area contributed by atoms with E-state index in [9.17, 15) is 0 Å². The molecule has 1 saturated heterocycles. The predicted octanol–water partition coefficient (Wildman–Crippen LogP) is 3.42. The zero-order chi connectivity index (χ0) is 16.1. The lowest BCUT2D eigenvalue weighted by Gasteiger charge is -2.24. The van der Waals surface area contributed by atoms with Gasteiger partial charge in [-0.1, -0.05) is 18.2 Å². The van der Waals surface area contributed by atoms with Crippen LogP contribution in [0, 0.1) is 0 Å². The molecule has 2 aromatic rings. The van der Waals surface area contributed by atoms with E-state index < -0.39 is 0 Å². The van der Waals surface area contributed by atoms with Gasteiger partial charge in [0.25, 0.3) is 0 Å². The van der Waals surface area contributed by atoms with Gasteiger partial charge < -0.3 is 24.1 Å². The van der Waals surface area contributed by atoms with E-state index in [1.807, 2.05) is 42.5 Å². The number of benzene rings is 2. The Labute approximate surface area is 135 Å². The van der Waals surface area contributed by atoms with Crippen molar-refractivity contribution in [2.24, 2.45) is 0 Å². The minimum atomic E-state index is -0.367. The summed E-state index contributed by atoms with van der Waals surface area (Å²) in [6.07, 6.45) is 0.543. The second-order valence-corrected chi connectivity index (χ2v) is 5.24. The fourth-order valence-corrected chi connectivity index (χ4v) is 2.39. The summed E-state index contributed by atoms with van der Waals surface area (Å²) < 4.78 is 22.5. The van der Waals surface area contributed by atoms with Gasteiger partial charge in [-0.15, -0.1) is 0 Å². The van der Waals surface area contributed by atoms with Gasteiger partial charge in [-0.2, -0.15) is 0 Å². The molecule has 0 spiro atoms. The van der Waals surface area contributed by atoms with Gasteiger partial charge in [-0.05, 0) is 36.2 Å². The van der Waals surface area contributed by atoms with Crippen molar-refractivity contribution in [2.75, 3.05) is 20.3 Å². The van der Waals surface area contributed by atoms with Crippen LogP contribution in [0.3, 0.4) is 0 Å². The minimum Gasteiger partial charge on any atom is -0.493 e. The Kier molecular flexibility index (Phi) is 5.12. The van der Waals surface area contributed by atoms with Crippen LogP contribution in [0.15, 0.2) is 42.5 Å². The molecular weight excluding hydrogens is 296 g/mol. The van der Waals surface area contributed by atoms with Crippen molar-refractivity contribution in [3.63, 3.8) is 0 Å². The Morgan fingerprint density at radius 2 is 1.78 bits per heavy atom. The highest BCUT2D eigenvalue weighted by Gasteiger charge is 2.19. The van der Waals surface area contributed by atoms with Crippen LogP contribution in [-0.4, -0.2) is 25.4 Å². The van der Waals surface area contributed by atoms with E-state index in [0.29, 0.717) is 30.5 Å². The number of methoxy groups -OCH3 is 1. The molecule has 1 heterocycles. The topological polar surface area (TPSA) is 57.2 Å². The standard InChI is InChI=1S/C18H20O5/c1-20-16-8-5-14(18-21-9-2-10-22-18)11-17(16)23-15-6-3-13(12-19)4-7-15/h3-8,11,18-19H,2,9-10,12H2,1H3. The predicted molar refractivity (Wildman–Crippen MR) is 84.7 cm³/mol. The maximum absolute atomic E-state index is 9.09. The summed E-state index contributed by atoms with van der Waals surface area (Å²) in [6.45, 7) is 1.39. The van der Waals surface area contributed by atoms with Crippen LogP contribution in [0.25, 0.3) is 0 Å². The Morgan fingerprint density at radius 1 is 1.04 bits per heavy atom. The number of hydrogen-bond donors (Lipinski definition) is 1. The van der Waals surface area contributed by atoms with Gasteiger partial charge in [0.05, 0.1) is 26.9 Å². The molecule has 0 aliphatic carbocycles. The Hall–Kier alpha value is -2.08. The quantitative estimate of drug-likeness (QED) is 0.916. The van der Waals surface area contributed by atoms with Crippen molar-refractivity contribution in [2.45, 2.75) is 19.3 Å². The molecule has 1 fully saturated rings. The highest BCUT2D eigenvalue weighted by atomic mass is 16.7. The largest absolute Gasteiger partial charge is 0.493 e. The van der Waals surface area contributed by atoms with E-state index in [4.69, 9.17) is 24.1 Å². The third-order valence-electron chi connectivity index (χ3n) is 3.62. The first-order valence-electron chi connectivity index (χ1n) is 7.59. The molecule has 0 atom stereocenters. The van der Waals surface area contributed by atoms with Crippen molar-refractivity contribution in [1.82, 2.24) is 0 Å². The van der Waals surface area contributed by atoms with Crippen molar-refractivity contribution >= 4 is 0 Å². The molecule has 3 rings (SSSR count). The number of ether oxygens (including phenoxy) is 4. The Bertz CT molecular complexity index is 632. The smallest absolute Gasteiger partial charge is 0.183 e. The van der Waals surface area contributed by atoms with Crippen LogP contribution >= 0.6 is 0 Å². The molecule has 122 valence electrons. The average Bonchev–Trinajstić information content (AvgIpc) is 2.63. The van der Waals surface area contributed by atoms with E-state index in [1.54, 1.807) is 7.11 Å². The van der Waals surface area contributed by atoms with Crippen molar-refractivity contribution < 1.29 is 24.1 Å². The van der Waals surface area contributed by atoms with E-state index in [2.05, 4.69) is 0 Å². The number of rotatable bonds is 5. The minimum absolute atomic E-state index is 0.00937. The monoisotopic (exact) mass is 316 g/mol. The molecule has 0 unspecified atom stereocenters. The Balaban J connectivity index is 1.83. The van der Waals surface area contributed by atoms with Crippen LogP contribution < -0.4 is 9.47 Å². The second-order valence-electron chi connectivity index (χ2n) is 5.24. The molecule has 0 bridgehead atoms. The van der Waals surface area contributed by atoms with Gasteiger partial charge in [-0.25, -0.2) is 0 Å². The molecule has 1 N–H and O–H groups in total. The fraction of sp³-hybridized carbons (Fsp3) is 0.333. The van der Waals surface area contributed by atoms with E-state index in [-0.39, 0.29) is 12.9 Å². The van der Waals surface area contributed by atoms with E-state index in [1.165, 1.54) is 0 Å². The van der Waals surface area contributed by atoms with Gasteiger partial charge in [0.2, 0.25) is 0 Å². The summed E-state index contributed by atoms with van der Waals surface area (Å²) >= 11 is 0. The summed E-state index contributed by atoms with van der Waals surface area (Å²) in [4.78, 5) is 0. The average molecular weight is 316 g/mol. The third-order valence-corrected chi connectivity index (χ3v) is 3.62. The van der Waals surface area contributed by atoms with Gasteiger partial charge >= 0.3 is 0 Å². The first-order chi connectivity index (χ1) is 11.3. The zero-order valence-electron chi connectivity index (χ0n) is 13.0. The van der Waals surface area contributed by atoms with Crippen molar-refractivity contribution in [3.8, 4) is 17.2 Å². The van der Waals surface area contributed by atoms with Gasteiger partial charge in [0, 0.05) is 5.56 Å². The van der Waals surface area contributed by atoms with Crippen molar-refractivity contribution in [1.29, 1.82) is 0 Å². The third kappa shape index (κ3) is 3.82. The maximum Gasteiger partial charge on any atom is 0.183 e.